The smallest absolute Gasteiger partial charge is 0.191 e. The molecule has 0 saturated heterocycles. The van der Waals surface area contributed by atoms with E-state index in [1.54, 1.807) is 0 Å². The van der Waals surface area contributed by atoms with Gasteiger partial charge in [-0.25, -0.2) is 0 Å². The second-order valence-electron chi connectivity index (χ2n) is 2.85. The Morgan fingerprint density at radius 2 is 2.18 bits per heavy atom. The normalized spacial score (nSPS) is 18.5. The molecule has 64 valence electrons. The zero-order valence-corrected chi connectivity index (χ0v) is 7.38. The van der Waals surface area contributed by atoms with Gasteiger partial charge in [-0.2, -0.15) is 0 Å². The Bertz CT molecular complexity index is 149. The first-order chi connectivity index (χ1) is 5.29. The second kappa shape index (κ2) is 3.60. The Labute approximate surface area is 68.3 Å². The van der Waals surface area contributed by atoms with Gasteiger partial charge in [-0.05, 0) is 26.7 Å². The van der Waals surface area contributed by atoms with Crippen LogP contribution in [0.1, 0.15) is 26.7 Å². The van der Waals surface area contributed by atoms with Gasteiger partial charge in [0.1, 0.15) is 0 Å². The number of nitrogens with zero attached hydrogens (tertiary/aromatic N) is 2. The van der Waals surface area contributed by atoms with Crippen LogP contribution < -0.4 is 5.73 Å². The van der Waals surface area contributed by atoms with Crippen molar-refractivity contribution in [3.63, 3.8) is 0 Å². The highest BCUT2D eigenvalue weighted by Gasteiger charge is 2.28. The Kier molecular flexibility index (Phi) is 2.74. The molecule has 0 radical (unpaired) electrons. The van der Waals surface area contributed by atoms with Gasteiger partial charge in [0.2, 0.25) is 0 Å². The quantitative estimate of drug-likeness (QED) is 0.484. The predicted molar refractivity (Wildman–Crippen MR) is 47.6 cm³/mol. The molecule has 0 atom stereocenters. The Hall–Kier alpha value is -0.730. The van der Waals surface area contributed by atoms with Crippen molar-refractivity contribution in [2.24, 2.45) is 10.7 Å². The van der Waals surface area contributed by atoms with Gasteiger partial charge in [-0.15, -0.1) is 0 Å². The number of rotatable bonds is 3. The lowest BCUT2D eigenvalue weighted by atomic mass is 10.5. The molecule has 0 aromatic carbocycles. The minimum Gasteiger partial charge on any atom is -0.370 e. The molecule has 1 aliphatic carbocycles. The fourth-order valence-corrected chi connectivity index (χ4v) is 1.25. The zero-order valence-electron chi connectivity index (χ0n) is 7.38. The molecule has 0 aromatic rings. The molecule has 0 unspecified atom stereocenters. The Balaban J connectivity index is 2.45. The summed E-state index contributed by atoms with van der Waals surface area (Å²) >= 11 is 0. The third-order valence-corrected chi connectivity index (χ3v) is 1.94. The number of guanidine groups is 1. The number of aliphatic imine (C=N–C) groups is 1. The van der Waals surface area contributed by atoms with Crippen molar-refractivity contribution >= 4 is 5.96 Å². The SMILES string of the molecule is CCN=C(N)N(CC)C1CC1. The number of nitrogens with two attached hydrogens (primary N) is 1. The van der Waals surface area contributed by atoms with Crippen LogP contribution in [0.5, 0.6) is 0 Å². The summed E-state index contributed by atoms with van der Waals surface area (Å²) in [6.45, 7) is 5.90. The van der Waals surface area contributed by atoms with Crippen LogP contribution in [0.15, 0.2) is 4.99 Å². The van der Waals surface area contributed by atoms with E-state index in [4.69, 9.17) is 5.73 Å². The highest BCUT2D eigenvalue weighted by atomic mass is 15.3. The fourth-order valence-electron chi connectivity index (χ4n) is 1.25. The summed E-state index contributed by atoms with van der Waals surface area (Å²) in [7, 11) is 0. The molecular formula is C8H17N3. The van der Waals surface area contributed by atoms with Crippen molar-refractivity contribution in [3.8, 4) is 0 Å². The standard InChI is InChI=1S/C8H17N3/c1-3-10-8(9)11(4-2)7-5-6-7/h7H,3-6H2,1-2H3,(H2,9,10). The van der Waals surface area contributed by atoms with Crippen LogP contribution in [-0.4, -0.2) is 30.0 Å². The van der Waals surface area contributed by atoms with E-state index in [2.05, 4.69) is 16.8 Å². The predicted octanol–water partition coefficient (Wildman–Crippen LogP) is 0.805. The number of hydrogen-bond acceptors (Lipinski definition) is 1. The molecule has 3 nitrogen and oxygen atoms in total. The fraction of sp³-hybridized carbons (Fsp3) is 0.875. The van der Waals surface area contributed by atoms with Gasteiger partial charge < -0.3 is 10.6 Å². The maximum atomic E-state index is 5.76. The van der Waals surface area contributed by atoms with E-state index in [9.17, 15) is 0 Å². The first-order valence-electron chi connectivity index (χ1n) is 4.36. The summed E-state index contributed by atoms with van der Waals surface area (Å²) in [6, 6.07) is 0.690. The van der Waals surface area contributed by atoms with Crippen molar-refractivity contribution in [1.29, 1.82) is 0 Å². The highest BCUT2D eigenvalue weighted by Crippen LogP contribution is 2.25. The van der Waals surface area contributed by atoms with E-state index < -0.39 is 0 Å². The van der Waals surface area contributed by atoms with E-state index in [1.165, 1.54) is 12.8 Å². The Morgan fingerprint density at radius 1 is 1.55 bits per heavy atom. The van der Waals surface area contributed by atoms with Gasteiger partial charge in [0, 0.05) is 19.1 Å². The summed E-state index contributed by atoms with van der Waals surface area (Å²) in [4.78, 5) is 6.36. The van der Waals surface area contributed by atoms with Crippen LogP contribution in [-0.2, 0) is 0 Å². The average Bonchev–Trinajstić information content (AvgIpc) is 2.73. The molecule has 0 heterocycles. The van der Waals surface area contributed by atoms with Gasteiger partial charge in [0.15, 0.2) is 5.96 Å². The monoisotopic (exact) mass is 155 g/mol. The van der Waals surface area contributed by atoms with Crippen LogP contribution >= 0.6 is 0 Å². The molecule has 1 rings (SSSR count). The minimum atomic E-state index is 0.690. The molecule has 1 aliphatic rings. The summed E-state index contributed by atoms with van der Waals surface area (Å²) in [5.74, 6) is 0.720. The van der Waals surface area contributed by atoms with Gasteiger partial charge >= 0.3 is 0 Å². The maximum absolute atomic E-state index is 5.76. The van der Waals surface area contributed by atoms with Gasteiger partial charge in [0.05, 0.1) is 0 Å². The lowest BCUT2D eigenvalue weighted by molar-refractivity contribution is 0.425. The van der Waals surface area contributed by atoms with Gasteiger partial charge in [0.25, 0.3) is 0 Å². The summed E-state index contributed by atoms with van der Waals surface area (Å²) in [6.07, 6.45) is 2.57. The molecule has 2 N–H and O–H groups in total. The van der Waals surface area contributed by atoms with Crippen molar-refractivity contribution < 1.29 is 0 Å². The minimum absolute atomic E-state index is 0.690. The largest absolute Gasteiger partial charge is 0.370 e. The lowest BCUT2D eigenvalue weighted by Gasteiger charge is -2.20. The van der Waals surface area contributed by atoms with E-state index in [0.717, 1.165) is 19.0 Å². The molecule has 1 saturated carbocycles. The second-order valence-corrected chi connectivity index (χ2v) is 2.85. The summed E-state index contributed by atoms with van der Waals surface area (Å²) < 4.78 is 0. The zero-order chi connectivity index (χ0) is 8.27. The molecule has 0 aromatic heterocycles. The van der Waals surface area contributed by atoms with Crippen molar-refractivity contribution in [2.45, 2.75) is 32.7 Å². The molecule has 0 amide bonds. The molecule has 1 fully saturated rings. The summed E-state index contributed by atoms with van der Waals surface area (Å²) in [5.41, 5.74) is 5.76. The first-order valence-corrected chi connectivity index (χ1v) is 4.36. The van der Waals surface area contributed by atoms with Gasteiger partial charge in [-0.1, -0.05) is 0 Å². The third kappa shape index (κ3) is 2.10. The van der Waals surface area contributed by atoms with Crippen LogP contribution in [0.4, 0.5) is 0 Å². The molecule has 0 bridgehead atoms. The van der Waals surface area contributed by atoms with Crippen molar-refractivity contribution in [1.82, 2.24) is 4.90 Å². The topological polar surface area (TPSA) is 41.6 Å². The van der Waals surface area contributed by atoms with E-state index in [-0.39, 0.29) is 0 Å². The van der Waals surface area contributed by atoms with Gasteiger partial charge in [-0.3, -0.25) is 4.99 Å². The molecule has 3 heteroatoms. The maximum Gasteiger partial charge on any atom is 0.191 e. The summed E-state index contributed by atoms with van der Waals surface area (Å²) in [5, 5.41) is 0. The van der Waals surface area contributed by atoms with Crippen molar-refractivity contribution in [3.05, 3.63) is 0 Å². The first kappa shape index (κ1) is 8.37. The van der Waals surface area contributed by atoms with Crippen LogP contribution in [0.2, 0.25) is 0 Å². The molecular weight excluding hydrogens is 138 g/mol. The van der Waals surface area contributed by atoms with Crippen molar-refractivity contribution in [2.75, 3.05) is 13.1 Å². The van der Waals surface area contributed by atoms with E-state index in [1.807, 2.05) is 6.92 Å². The lowest BCUT2D eigenvalue weighted by Crippen LogP contribution is -2.38. The Morgan fingerprint density at radius 3 is 2.55 bits per heavy atom. The van der Waals surface area contributed by atoms with E-state index in [0.29, 0.717) is 6.04 Å². The van der Waals surface area contributed by atoms with Crippen LogP contribution in [0, 0.1) is 0 Å². The number of hydrogen-bond donors (Lipinski definition) is 1. The van der Waals surface area contributed by atoms with Crippen LogP contribution in [0.3, 0.4) is 0 Å². The molecule has 0 aliphatic heterocycles. The molecule has 0 spiro atoms. The average molecular weight is 155 g/mol. The third-order valence-electron chi connectivity index (χ3n) is 1.94. The highest BCUT2D eigenvalue weighted by molar-refractivity contribution is 5.78. The van der Waals surface area contributed by atoms with E-state index >= 15 is 0 Å². The van der Waals surface area contributed by atoms with Crippen LogP contribution in [0.25, 0.3) is 0 Å². The molecule has 11 heavy (non-hydrogen) atoms.